The van der Waals surface area contributed by atoms with E-state index in [4.69, 9.17) is 4.74 Å². The van der Waals surface area contributed by atoms with Crippen LogP contribution in [0.15, 0.2) is 67.0 Å². The maximum absolute atomic E-state index is 14.7. The molecule has 4 atom stereocenters. The molecule has 2 aliphatic heterocycles. The Morgan fingerprint density at radius 1 is 0.933 bits per heavy atom. The van der Waals surface area contributed by atoms with Gasteiger partial charge in [0.15, 0.2) is 0 Å². The van der Waals surface area contributed by atoms with Gasteiger partial charge in [-0.2, -0.15) is 0 Å². The summed E-state index contributed by atoms with van der Waals surface area (Å²) < 4.78 is 34.7. The fourth-order valence-electron chi connectivity index (χ4n) is 4.74. The van der Waals surface area contributed by atoms with Crippen LogP contribution in [-0.2, 0) is 9.53 Å². The van der Waals surface area contributed by atoms with Gasteiger partial charge in [-0.25, -0.2) is 8.78 Å². The number of benzene rings is 2. The Morgan fingerprint density at radius 2 is 1.67 bits per heavy atom. The third kappa shape index (κ3) is 3.27. The molecule has 1 N–H and O–H groups in total. The van der Waals surface area contributed by atoms with E-state index in [1.807, 2.05) is 12.1 Å². The van der Waals surface area contributed by atoms with Crippen LogP contribution in [0.25, 0.3) is 11.1 Å². The van der Waals surface area contributed by atoms with Crippen LogP contribution in [0.3, 0.4) is 0 Å². The first-order chi connectivity index (χ1) is 14.6. The van der Waals surface area contributed by atoms with Gasteiger partial charge >= 0.3 is 0 Å². The molecule has 4 nitrogen and oxygen atoms in total. The first-order valence-corrected chi connectivity index (χ1v) is 10.0. The summed E-state index contributed by atoms with van der Waals surface area (Å²) in [5, 5.41) is 2.83. The molecule has 5 rings (SSSR count). The maximum atomic E-state index is 14.7. The van der Waals surface area contributed by atoms with E-state index in [1.165, 1.54) is 24.3 Å². The van der Waals surface area contributed by atoms with Crippen molar-refractivity contribution < 1.29 is 18.3 Å². The Morgan fingerprint density at radius 3 is 2.43 bits per heavy atom. The summed E-state index contributed by atoms with van der Waals surface area (Å²) >= 11 is 0. The summed E-state index contributed by atoms with van der Waals surface area (Å²) in [6.07, 6.45) is 5.06. The van der Waals surface area contributed by atoms with Gasteiger partial charge in [0.1, 0.15) is 11.6 Å². The zero-order valence-electron chi connectivity index (χ0n) is 16.1. The standard InChI is InChI=1S/C24H20F2N2O2/c25-18-4-2-1-3-16(18)17-6-5-15(13-19(17)26)28-24(29)23-21-8-7-20(30-21)22(23)14-9-11-27-12-10-14/h1-6,9-13,20-23H,7-8H2,(H,28,29)/t20-,21+,22+,23+/m0/s1. The molecule has 2 fully saturated rings. The van der Waals surface area contributed by atoms with Gasteiger partial charge in [0.2, 0.25) is 5.91 Å². The number of aromatic nitrogens is 1. The lowest BCUT2D eigenvalue weighted by Gasteiger charge is -2.27. The lowest BCUT2D eigenvalue weighted by Crippen LogP contribution is -2.36. The van der Waals surface area contributed by atoms with Crippen molar-refractivity contribution in [1.82, 2.24) is 4.98 Å². The second kappa shape index (κ2) is 7.61. The smallest absolute Gasteiger partial charge is 0.230 e. The Bertz CT molecular complexity index is 1090. The van der Waals surface area contributed by atoms with Crippen LogP contribution in [-0.4, -0.2) is 23.1 Å². The Balaban J connectivity index is 1.39. The molecule has 1 aromatic heterocycles. The van der Waals surface area contributed by atoms with E-state index in [2.05, 4.69) is 10.3 Å². The molecule has 2 bridgehead atoms. The Kier molecular flexibility index (Phi) is 4.79. The molecule has 0 spiro atoms. The summed E-state index contributed by atoms with van der Waals surface area (Å²) in [5.74, 6) is -1.67. The van der Waals surface area contributed by atoms with Crippen LogP contribution in [0.2, 0.25) is 0 Å². The molecule has 1 amide bonds. The molecule has 3 aromatic rings. The maximum Gasteiger partial charge on any atom is 0.230 e. The third-order valence-electron chi connectivity index (χ3n) is 6.07. The minimum atomic E-state index is -0.590. The van der Waals surface area contributed by atoms with E-state index < -0.39 is 11.6 Å². The molecule has 2 aliphatic rings. The van der Waals surface area contributed by atoms with Crippen molar-refractivity contribution in [2.45, 2.75) is 31.0 Å². The van der Waals surface area contributed by atoms with Crippen molar-refractivity contribution in [3.63, 3.8) is 0 Å². The number of fused-ring (bicyclic) bond motifs is 2. The summed E-state index contributed by atoms with van der Waals surface area (Å²) in [7, 11) is 0. The highest BCUT2D eigenvalue weighted by atomic mass is 19.1. The molecule has 0 unspecified atom stereocenters. The van der Waals surface area contributed by atoms with Crippen molar-refractivity contribution in [2.75, 3.05) is 5.32 Å². The van der Waals surface area contributed by atoms with Gasteiger partial charge in [0, 0.05) is 35.1 Å². The minimum Gasteiger partial charge on any atom is -0.373 e. The number of carbonyl (C=O) groups excluding carboxylic acids is 1. The SMILES string of the molecule is O=C(Nc1ccc(-c2ccccc2F)c(F)c1)[C@H]1[C@H](c2ccncc2)[C@@H]2CC[C@H]1O2. The second-order valence-corrected chi connectivity index (χ2v) is 7.79. The number of rotatable bonds is 4. The number of nitrogens with one attached hydrogen (secondary N) is 1. The quantitative estimate of drug-likeness (QED) is 0.669. The van der Waals surface area contributed by atoms with Crippen LogP contribution >= 0.6 is 0 Å². The van der Waals surface area contributed by atoms with E-state index >= 15 is 0 Å². The molecule has 0 saturated carbocycles. The van der Waals surface area contributed by atoms with E-state index in [0.717, 1.165) is 18.4 Å². The summed E-state index contributed by atoms with van der Waals surface area (Å²) in [6.45, 7) is 0. The highest BCUT2D eigenvalue weighted by Gasteiger charge is 2.52. The predicted molar refractivity (Wildman–Crippen MR) is 109 cm³/mol. The second-order valence-electron chi connectivity index (χ2n) is 7.79. The van der Waals surface area contributed by atoms with Gasteiger partial charge in [-0.15, -0.1) is 0 Å². The highest BCUT2D eigenvalue weighted by molar-refractivity contribution is 5.94. The number of hydrogen-bond donors (Lipinski definition) is 1. The molecule has 2 aromatic carbocycles. The first-order valence-electron chi connectivity index (χ1n) is 10.0. The number of ether oxygens (including phenoxy) is 1. The van der Waals surface area contributed by atoms with Gasteiger partial charge in [-0.3, -0.25) is 9.78 Å². The fraction of sp³-hybridized carbons (Fsp3) is 0.250. The van der Waals surface area contributed by atoms with E-state index in [9.17, 15) is 13.6 Å². The molecule has 0 radical (unpaired) electrons. The number of amides is 1. The van der Waals surface area contributed by atoms with Crippen molar-refractivity contribution in [3.8, 4) is 11.1 Å². The number of anilines is 1. The molecule has 0 aliphatic carbocycles. The van der Waals surface area contributed by atoms with Crippen LogP contribution < -0.4 is 5.32 Å². The zero-order valence-corrected chi connectivity index (χ0v) is 16.1. The Hall–Kier alpha value is -3.12. The molecular formula is C24H20F2N2O2. The van der Waals surface area contributed by atoms with Gasteiger partial charge < -0.3 is 10.1 Å². The molecule has 152 valence electrons. The fourth-order valence-corrected chi connectivity index (χ4v) is 4.74. The molecule has 30 heavy (non-hydrogen) atoms. The number of pyridine rings is 1. The van der Waals surface area contributed by atoms with Crippen molar-refractivity contribution in [3.05, 3.63) is 84.2 Å². The van der Waals surface area contributed by atoms with Crippen molar-refractivity contribution in [2.24, 2.45) is 5.92 Å². The van der Waals surface area contributed by atoms with Crippen LogP contribution in [0, 0.1) is 17.6 Å². The van der Waals surface area contributed by atoms with Crippen molar-refractivity contribution in [1.29, 1.82) is 0 Å². The Labute approximate surface area is 172 Å². The van der Waals surface area contributed by atoms with Crippen molar-refractivity contribution >= 4 is 11.6 Å². The number of carbonyl (C=O) groups is 1. The van der Waals surface area contributed by atoms with Crippen LogP contribution in [0.5, 0.6) is 0 Å². The van der Waals surface area contributed by atoms with Gasteiger partial charge in [0.25, 0.3) is 0 Å². The zero-order chi connectivity index (χ0) is 20.7. The van der Waals surface area contributed by atoms with Gasteiger partial charge in [0.05, 0.1) is 18.1 Å². The lowest BCUT2D eigenvalue weighted by molar-refractivity contribution is -0.121. The lowest BCUT2D eigenvalue weighted by atomic mass is 9.75. The topological polar surface area (TPSA) is 51.2 Å². The van der Waals surface area contributed by atoms with E-state index in [-0.39, 0.29) is 41.1 Å². The average molecular weight is 406 g/mol. The normalized spacial score (nSPS) is 24.7. The average Bonchev–Trinajstić information content (AvgIpc) is 3.37. The van der Waals surface area contributed by atoms with Gasteiger partial charge in [-0.05, 0) is 54.8 Å². The molecular weight excluding hydrogens is 386 g/mol. The van der Waals surface area contributed by atoms with E-state index in [0.29, 0.717) is 5.69 Å². The minimum absolute atomic E-state index is 0.00770. The molecule has 3 heterocycles. The van der Waals surface area contributed by atoms with Gasteiger partial charge in [-0.1, -0.05) is 18.2 Å². The molecule has 2 saturated heterocycles. The number of nitrogens with zero attached hydrogens (tertiary/aromatic N) is 1. The monoisotopic (exact) mass is 406 g/mol. The number of hydrogen-bond acceptors (Lipinski definition) is 3. The van der Waals surface area contributed by atoms with E-state index in [1.54, 1.807) is 30.6 Å². The first kappa shape index (κ1) is 18.9. The largest absolute Gasteiger partial charge is 0.373 e. The van der Waals surface area contributed by atoms with Crippen LogP contribution in [0.4, 0.5) is 14.5 Å². The predicted octanol–water partition coefficient (Wildman–Crippen LogP) is 4.93. The number of halogens is 2. The summed E-state index contributed by atoms with van der Waals surface area (Å²) in [4.78, 5) is 17.2. The van der Waals surface area contributed by atoms with Crippen LogP contribution in [0.1, 0.15) is 24.3 Å². The third-order valence-corrected chi connectivity index (χ3v) is 6.07. The summed E-state index contributed by atoms with van der Waals surface area (Å²) in [5.41, 5.74) is 1.71. The molecule has 6 heteroatoms. The highest BCUT2D eigenvalue weighted by Crippen LogP contribution is 2.49. The summed E-state index contributed by atoms with van der Waals surface area (Å²) in [6, 6.07) is 14.2.